The van der Waals surface area contributed by atoms with E-state index in [1.807, 2.05) is 0 Å². The zero-order valence-electron chi connectivity index (χ0n) is 11.0. The van der Waals surface area contributed by atoms with Crippen molar-refractivity contribution in [2.24, 2.45) is 11.7 Å². The van der Waals surface area contributed by atoms with Crippen molar-refractivity contribution in [3.05, 3.63) is 0 Å². The molecule has 0 saturated carbocycles. The van der Waals surface area contributed by atoms with Crippen molar-refractivity contribution in [2.45, 2.75) is 58.4 Å². The maximum atomic E-state index is 8.72. The number of hydrogen-bond acceptors (Lipinski definition) is 3. The Hall–Kier alpha value is -0.590. The van der Waals surface area contributed by atoms with E-state index in [1.165, 1.54) is 12.8 Å². The molecule has 0 rings (SSSR count). The molecule has 0 bridgehead atoms. The van der Waals surface area contributed by atoms with Crippen LogP contribution in [-0.2, 0) is 4.74 Å². The third-order valence-corrected chi connectivity index (χ3v) is 2.67. The van der Waals surface area contributed by atoms with Gasteiger partial charge in [-0.05, 0) is 38.5 Å². The van der Waals surface area contributed by atoms with E-state index in [0.29, 0.717) is 5.92 Å². The predicted octanol–water partition coefficient (Wildman–Crippen LogP) is 2.85. The molecule has 2 N–H and O–H groups in total. The highest BCUT2D eigenvalue weighted by atomic mass is 16.5. The number of rotatable bonds is 9. The van der Waals surface area contributed by atoms with Gasteiger partial charge in [0.25, 0.3) is 0 Å². The largest absolute Gasteiger partial charge is 0.381 e. The highest BCUT2D eigenvalue weighted by Crippen LogP contribution is 2.10. The standard InChI is InChI=1S/C13H26N2O/c1-4-7-12(2)10-16-9-6-5-8-13(3,15)11-14/h12H,4-10,15H2,1-3H3. The lowest BCUT2D eigenvalue weighted by Gasteiger charge is -2.15. The van der Waals surface area contributed by atoms with Crippen LogP contribution in [0.3, 0.4) is 0 Å². The molecular formula is C13H26N2O. The lowest BCUT2D eigenvalue weighted by molar-refractivity contribution is 0.0978. The molecule has 0 aliphatic rings. The zero-order valence-corrected chi connectivity index (χ0v) is 11.0. The molecule has 0 aliphatic carbocycles. The van der Waals surface area contributed by atoms with E-state index in [0.717, 1.165) is 32.5 Å². The Morgan fingerprint density at radius 3 is 2.69 bits per heavy atom. The highest BCUT2D eigenvalue weighted by molar-refractivity contribution is 5.00. The van der Waals surface area contributed by atoms with Crippen molar-refractivity contribution < 1.29 is 4.74 Å². The number of nitriles is 1. The molecule has 0 aromatic rings. The molecule has 0 fully saturated rings. The lowest BCUT2D eigenvalue weighted by Crippen LogP contribution is -2.33. The van der Waals surface area contributed by atoms with Crippen LogP contribution in [0.15, 0.2) is 0 Å². The fourth-order valence-corrected chi connectivity index (χ4v) is 1.61. The third kappa shape index (κ3) is 8.70. The summed E-state index contributed by atoms with van der Waals surface area (Å²) in [6.07, 6.45) is 5.15. The minimum Gasteiger partial charge on any atom is -0.381 e. The van der Waals surface area contributed by atoms with Gasteiger partial charge in [0.05, 0.1) is 6.07 Å². The van der Waals surface area contributed by atoms with E-state index in [2.05, 4.69) is 19.9 Å². The Labute approximate surface area is 100.0 Å². The van der Waals surface area contributed by atoms with Crippen LogP contribution in [0.1, 0.15) is 52.9 Å². The molecule has 2 atom stereocenters. The highest BCUT2D eigenvalue weighted by Gasteiger charge is 2.15. The normalized spacial score (nSPS) is 16.4. The predicted molar refractivity (Wildman–Crippen MR) is 66.9 cm³/mol. The van der Waals surface area contributed by atoms with Crippen LogP contribution < -0.4 is 5.73 Å². The minimum absolute atomic E-state index is 0.656. The van der Waals surface area contributed by atoms with Gasteiger partial charge in [-0.3, -0.25) is 0 Å². The van der Waals surface area contributed by atoms with Crippen molar-refractivity contribution in [1.29, 1.82) is 5.26 Å². The van der Waals surface area contributed by atoms with Crippen LogP contribution in [0.4, 0.5) is 0 Å². The fourth-order valence-electron chi connectivity index (χ4n) is 1.61. The Balaban J connectivity index is 3.32. The molecule has 3 heteroatoms. The molecule has 94 valence electrons. The SMILES string of the molecule is CCCC(C)COCCCCC(C)(N)C#N. The summed E-state index contributed by atoms with van der Waals surface area (Å²) in [5.41, 5.74) is 5.05. The van der Waals surface area contributed by atoms with Crippen LogP contribution in [0, 0.1) is 17.2 Å². The molecule has 0 spiro atoms. The van der Waals surface area contributed by atoms with E-state index >= 15 is 0 Å². The number of nitrogens with zero attached hydrogens (tertiary/aromatic N) is 1. The first-order valence-corrected chi connectivity index (χ1v) is 6.29. The van der Waals surface area contributed by atoms with Gasteiger partial charge in [-0.25, -0.2) is 0 Å². The van der Waals surface area contributed by atoms with E-state index in [-0.39, 0.29) is 0 Å². The molecule has 0 heterocycles. The average molecular weight is 226 g/mol. The van der Waals surface area contributed by atoms with Gasteiger partial charge in [0, 0.05) is 13.2 Å². The maximum absolute atomic E-state index is 8.72. The summed E-state index contributed by atoms with van der Waals surface area (Å²) in [6, 6.07) is 2.10. The fraction of sp³-hybridized carbons (Fsp3) is 0.923. The third-order valence-electron chi connectivity index (χ3n) is 2.67. The number of ether oxygens (including phenoxy) is 1. The van der Waals surface area contributed by atoms with Gasteiger partial charge in [0.1, 0.15) is 5.54 Å². The quantitative estimate of drug-likeness (QED) is 0.615. The van der Waals surface area contributed by atoms with Crippen molar-refractivity contribution in [3.63, 3.8) is 0 Å². The molecule has 2 unspecified atom stereocenters. The molecule has 0 amide bonds. The number of nitrogens with two attached hydrogens (primary N) is 1. The zero-order chi connectivity index (χ0) is 12.4. The Morgan fingerprint density at radius 1 is 1.44 bits per heavy atom. The molecular weight excluding hydrogens is 200 g/mol. The van der Waals surface area contributed by atoms with Gasteiger partial charge < -0.3 is 10.5 Å². The molecule has 3 nitrogen and oxygen atoms in total. The Morgan fingerprint density at radius 2 is 2.12 bits per heavy atom. The van der Waals surface area contributed by atoms with Crippen molar-refractivity contribution in [3.8, 4) is 6.07 Å². The van der Waals surface area contributed by atoms with Crippen molar-refractivity contribution >= 4 is 0 Å². The van der Waals surface area contributed by atoms with Gasteiger partial charge >= 0.3 is 0 Å². The molecule has 0 saturated heterocycles. The average Bonchev–Trinajstić information content (AvgIpc) is 2.23. The number of unbranched alkanes of at least 4 members (excludes halogenated alkanes) is 1. The second kappa shape index (κ2) is 8.55. The van der Waals surface area contributed by atoms with E-state index < -0.39 is 5.54 Å². The van der Waals surface area contributed by atoms with Gasteiger partial charge in [-0.15, -0.1) is 0 Å². The first-order valence-electron chi connectivity index (χ1n) is 6.29. The van der Waals surface area contributed by atoms with Crippen LogP contribution in [-0.4, -0.2) is 18.8 Å². The minimum atomic E-state index is -0.671. The molecule has 0 aliphatic heterocycles. The Kier molecular flexibility index (Phi) is 8.23. The van der Waals surface area contributed by atoms with Gasteiger partial charge in [-0.1, -0.05) is 20.3 Å². The molecule has 0 radical (unpaired) electrons. The van der Waals surface area contributed by atoms with E-state index in [1.54, 1.807) is 6.92 Å². The monoisotopic (exact) mass is 226 g/mol. The summed E-state index contributed by atoms with van der Waals surface area (Å²) in [5, 5.41) is 8.72. The van der Waals surface area contributed by atoms with Crippen LogP contribution >= 0.6 is 0 Å². The molecule has 16 heavy (non-hydrogen) atoms. The van der Waals surface area contributed by atoms with E-state index in [4.69, 9.17) is 15.7 Å². The summed E-state index contributed by atoms with van der Waals surface area (Å²) in [7, 11) is 0. The van der Waals surface area contributed by atoms with Crippen LogP contribution in [0.5, 0.6) is 0 Å². The number of hydrogen-bond donors (Lipinski definition) is 1. The summed E-state index contributed by atoms with van der Waals surface area (Å²) < 4.78 is 5.57. The topological polar surface area (TPSA) is 59.0 Å². The maximum Gasteiger partial charge on any atom is 0.101 e. The van der Waals surface area contributed by atoms with Gasteiger partial charge in [0.15, 0.2) is 0 Å². The van der Waals surface area contributed by atoms with Crippen LogP contribution in [0.25, 0.3) is 0 Å². The van der Waals surface area contributed by atoms with Gasteiger partial charge in [-0.2, -0.15) is 5.26 Å². The first-order chi connectivity index (χ1) is 7.52. The summed E-state index contributed by atoms with van der Waals surface area (Å²) in [4.78, 5) is 0. The van der Waals surface area contributed by atoms with E-state index in [9.17, 15) is 0 Å². The summed E-state index contributed by atoms with van der Waals surface area (Å²) in [5.74, 6) is 0.656. The summed E-state index contributed by atoms with van der Waals surface area (Å²) in [6.45, 7) is 7.83. The van der Waals surface area contributed by atoms with Crippen molar-refractivity contribution in [2.75, 3.05) is 13.2 Å². The first kappa shape index (κ1) is 15.4. The smallest absolute Gasteiger partial charge is 0.101 e. The van der Waals surface area contributed by atoms with Crippen LogP contribution in [0.2, 0.25) is 0 Å². The molecule has 0 aromatic heterocycles. The summed E-state index contributed by atoms with van der Waals surface area (Å²) >= 11 is 0. The molecule has 0 aromatic carbocycles. The van der Waals surface area contributed by atoms with Crippen molar-refractivity contribution in [1.82, 2.24) is 0 Å². The Bertz CT molecular complexity index is 208. The second-order valence-corrected chi connectivity index (χ2v) is 4.96. The second-order valence-electron chi connectivity index (χ2n) is 4.96. The lowest BCUT2D eigenvalue weighted by atomic mass is 9.98. The van der Waals surface area contributed by atoms with Gasteiger partial charge in [0.2, 0.25) is 0 Å².